The molecule has 1 aromatic carbocycles. The second-order valence-electron chi connectivity index (χ2n) is 6.12. The van der Waals surface area contributed by atoms with E-state index in [1.54, 1.807) is 4.90 Å². The Kier molecular flexibility index (Phi) is 5.88. The van der Waals surface area contributed by atoms with Crippen LogP contribution in [0.5, 0.6) is 0 Å². The van der Waals surface area contributed by atoms with E-state index in [4.69, 9.17) is 4.52 Å². The molecule has 0 N–H and O–H groups in total. The molecule has 0 aliphatic carbocycles. The van der Waals surface area contributed by atoms with Gasteiger partial charge in [0.2, 0.25) is 11.7 Å². The Hall–Kier alpha value is -2.41. The van der Waals surface area contributed by atoms with E-state index in [-0.39, 0.29) is 12.5 Å². The Morgan fingerprint density at radius 2 is 2.04 bits per heavy atom. The molecule has 26 heavy (non-hydrogen) atoms. The number of aromatic nitrogens is 3. The number of carbonyl (C=O) groups is 1. The number of hydrogen-bond donors (Lipinski definition) is 0. The Morgan fingerprint density at radius 3 is 2.77 bits per heavy atom. The molecule has 2 aromatic heterocycles. The largest absolute Gasteiger partial charge is 0.344 e. The lowest BCUT2D eigenvalue weighted by Gasteiger charge is -2.17. The van der Waals surface area contributed by atoms with Crippen LogP contribution in [-0.4, -0.2) is 39.1 Å². The second-order valence-corrected chi connectivity index (χ2v) is 7.04. The maximum atomic E-state index is 12.4. The predicted molar refractivity (Wildman–Crippen MR) is 103 cm³/mol. The van der Waals surface area contributed by atoms with Crippen LogP contribution < -0.4 is 0 Å². The first-order valence-electron chi connectivity index (χ1n) is 8.57. The minimum absolute atomic E-state index is 0.0588. The highest BCUT2D eigenvalue weighted by atomic mass is 79.9. The molecule has 136 valence electrons. The molecule has 3 aromatic rings. The molecular weight excluding hydrogens is 396 g/mol. The van der Waals surface area contributed by atoms with Gasteiger partial charge in [0.1, 0.15) is 12.2 Å². The number of unbranched alkanes of at least 4 members (excludes halogenated alkanes) is 1. The summed E-state index contributed by atoms with van der Waals surface area (Å²) < 4.78 is 8.25. The molecule has 0 spiro atoms. The smallest absolute Gasteiger partial charge is 0.274 e. The Bertz CT molecular complexity index is 870. The average Bonchev–Trinajstić information content (AvgIpc) is 3.29. The van der Waals surface area contributed by atoms with Crippen molar-refractivity contribution in [2.24, 2.45) is 0 Å². The number of rotatable bonds is 7. The lowest BCUT2D eigenvalue weighted by Crippen LogP contribution is -2.31. The molecule has 1 amide bonds. The van der Waals surface area contributed by atoms with Gasteiger partial charge in [-0.25, -0.2) is 0 Å². The molecule has 7 heteroatoms. The number of amides is 1. The van der Waals surface area contributed by atoms with Crippen LogP contribution in [0.15, 0.2) is 51.6 Å². The summed E-state index contributed by atoms with van der Waals surface area (Å²) in [5.41, 5.74) is 1.61. The zero-order chi connectivity index (χ0) is 18.5. The van der Waals surface area contributed by atoms with Crippen molar-refractivity contribution in [1.29, 1.82) is 0 Å². The van der Waals surface area contributed by atoms with Crippen LogP contribution in [0.25, 0.3) is 23.0 Å². The fourth-order valence-corrected chi connectivity index (χ4v) is 2.84. The minimum atomic E-state index is 0.0588. The third kappa shape index (κ3) is 4.22. The van der Waals surface area contributed by atoms with Gasteiger partial charge >= 0.3 is 0 Å². The average molecular weight is 417 g/mol. The maximum absolute atomic E-state index is 12.4. The predicted octanol–water partition coefficient (Wildman–Crippen LogP) is 4.23. The summed E-state index contributed by atoms with van der Waals surface area (Å²) in [5.74, 6) is 0.979. The van der Waals surface area contributed by atoms with E-state index >= 15 is 0 Å². The first-order valence-corrected chi connectivity index (χ1v) is 9.37. The van der Waals surface area contributed by atoms with Gasteiger partial charge in [0.05, 0.1) is 0 Å². The zero-order valence-electron chi connectivity index (χ0n) is 14.9. The Morgan fingerprint density at radius 1 is 1.27 bits per heavy atom. The quantitative estimate of drug-likeness (QED) is 0.577. The van der Waals surface area contributed by atoms with Gasteiger partial charge in [-0.1, -0.05) is 34.4 Å². The highest BCUT2D eigenvalue weighted by Gasteiger charge is 2.16. The zero-order valence-corrected chi connectivity index (χ0v) is 16.4. The van der Waals surface area contributed by atoms with Crippen LogP contribution in [-0.2, 0) is 11.3 Å². The van der Waals surface area contributed by atoms with Crippen LogP contribution in [0.1, 0.15) is 19.8 Å². The van der Waals surface area contributed by atoms with Crippen molar-refractivity contribution in [3.63, 3.8) is 0 Å². The molecule has 0 saturated heterocycles. The van der Waals surface area contributed by atoms with Gasteiger partial charge in [0.15, 0.2) is 0 Å². The van der Waals surface area contributed by atoms with Crippen LogP contribution in [0, 0.1) is 0 Å². The summed E-state index contributed by atoms with van der Waals surface area (Å²) in [4.78, 5) is 18.6. The van der Waals surface area contributed by atoms with Gasteiger partial charge in [-0.05, 0) is 42.8 Å². The van der Waals surface area contributed by atoms with Gasteiger partial charge < -0.3 is 14.0 Å². The Labute approximate surface area is 160 Å². The van der Waals surface area contributed by atoms with E-state index in [9.17, 15) is 4.79 Å². The number of benzene rings is 1. The van der Waals surface area contributed by atoms with Gasteiger partial charge in [-0.15, -0.1) is 0 Å². The summed E-state index contributed by atoms with van der Waals surface area (Å²) in [7, 11) is 1.83. The highest BCUT2D eigenvalue weighted by Crippen LogP contribution is 2.24. The van der Waals surface area contributed by atoms with Crippen molar-refractivity contribution < 1.29 is 9.32 Å². The molecule has 0 aliphatic rings. The summed E-state index contributed by atoms with van der Waals surface area (Å²) in [6.07, 6.45) is 3.92. The molecule has 0 aliphatic heterocycles. The minimum Gasteiger partial charge on any atom is -0.344 e. The van der Waals surface area contributed by atoms with Crippen molar-refractivity contribution in [1.82, 2.24) is 19.6 Å². The van der Waals surface area contributed by atoms with Gasteiger partial charge in [0, 0.05) is 29.8 Å². The summed E-state index contributed by atoms with van der Waals surface area (Å²) in [5, 5.41) is 4.06. The molecule has 0 fully saturated rings. The van der Waals surface area contributed by atoms with Crippen molar-refractivity contribution in [2.75, 3.05) is 13.6 Å². The summed E-state index contributed by atoms with van der Waals surface area (Å²) in [6, 6.07) is 11.4. The highest BCUT2D eigenvalue weighted by molar-refractivity contribution is 9.10. The topological polar surface area (TPSA) is 64.2 Å². The van der Waals surface area contributed by atoms with E-state index in [0.717, 1.165) is 35.1 Å². The standard InChI is InChI=1S/C19H21BrN4O2/c1-3-4-11-23(2)17(25)13-24-12-5-6-16(24)19-21-18(22-26-19)14-7-9-15(20)10-8-14/h5-10,12H,3-4,11,13H2,1-2H3. The van der Waals surface area contributed by atoms with Gasteiger partial charge in [-0.3, -0.25) is 4.79 Å². The molecule has 0 unspecified atom stereocenters. The van der Waals surface area contributed by atoms with Crippen molar-refractivity contribution >= 4 is 21.8 Å². The monoisotopic (exact) mass is 416 g/mol. The van der Waals surface area contributed by atoms with E-state index < -0.39 is 0 Å². The molecule has 6 nitrogen and oxygen atoms in total. The van der Waals surface area contributed by atoms with Crippen molar-refractivity contribution in [3.8, 4) is 23.0 Å². The van der Waals surface area contributed by atoms with Gasteiger partial charge in [-0.2, -0.15) is 4.98 Å². The molecule has 0 radical (unpaired) electrons. The lowest BCUT2D eigenvalue weighted by atomic mass is 10.2. The number of likely N-dealkylation sites (N-methyl/N-ethyl adjacent to an activating group) is 1. The van der Waals surface area contributed by atoms with Gasteiger partial charge in [0.25, 0.3) is 5.89 Å². The van der Waals surface area contributed by atoms with Crippen molar-refractivity contribution in [3.05, 3.63) is 47.1 Å². The van der Waals surface area contributed by atoms with Crippen LogP contribution in [0.2, 0.25) is 0 Å². The third-order valence-electron chi connectivity index (χ3n) is 4.16. The number of carbonyl (C=O) groups excluding carboxylic acids is 1. The SMILES string of the molecule is CCCCN(C)C(=O)Cn1cccc1-c1nc(-c2ccc(Br)cc2)no1. The molecular formula is C19H21BrN4O2. The first kappa shape index (κ1) is 18.4. The fraction of sp³-hybridized carbons (Fsp3) is 0.316. The molecule has 0 atom stereocenters. The van der Waals surface area contributed by atoms with E-state index in [1.807, 2.05) is 54.2 Å². The summed E-state index contributed by atoms with van der Waals surface area (Å²) >= 11 is 3.41. The van der Waals surface area contributed by atoms with Crippen LogP contribution in [0.4, 0.5) is 0 Å². The third-order valence-corrected chi connectivity index (χ3v) is 4.68. The van der Waals surface area contributed by atoms with E-state index in [1.165, 1.54) is 0 Å². The normalized spacial score (nSPS) is 10.9. The van der Waals surface area contributed by atoms with E-state index in [0.29, 0.717) is 11.7 Å². The summed E-state index contributed by atoms with van der Waals surface area (Å²) in [6.45, 7) is 3.12. The Balaban J connectivity index is 1.76. The maximum Gasteiger partial charge on any atom is 0.274 e. The number of hydrogen-bond acceptors (Lipinski definition) is 4. The number of nitrogens with zero attached hydrogens (tertiary/aromatic N) is 4. The lowest BCUT2D eigenvalue weighted by molar-refractivity contribution is -0.130. The van der Waals surface area contributed by atoms with Crippen LogP contribution in [0.3, 0.4) is 0 Å². The van der Waals surface area contributed by atoms with E-state index in [2.05, 4.69) is 33.0 Å². The fourth-order valence-electron chi connectivity index (χ4n) is 2.58. The second kappa shape index (κ2) is 8.31. The van der Waals surface area contributed by atoms with Crippen molar-refractivity contribution in [2.45, 2.75) is 26.3 Å². The first-order chi connectivity index (χ1) is 12.6. The molecule has 0 bridgehead atoms. The van der Waals surface area contributed by atoms with Crippen LogP contribution >= 0.6 is 15.9 Å². The molecule has 2 heterocycles. The number of halogens is 1. The molecule has 0 saturated carbocycles. The molecule has 3 rings (SSSR count).